The number of nitrogens with zero attached hydrogens (tertiary/aromatic N) is 1. The second-order valence-corrected chi connectivity index (χ2v) is 9.70. The Hall–Kier alpha value is -3.63. The number of amides is 4. The number of alkyl carbamates (subject to hydrolysis) is 1. The van der Waals surface area contributed by atoms with E-state index >= 15 is 0 Å². The first-order valence-electron chi connectivity index (χ1n) is 12.3. The van der Waals surface area contributed by atoms with Crippen LogP contribution in [-0.2, 0) is 28.7 Å². The van der Waals surface area contributed by atoms with Gasteiger partial charge in [-0.15, -0.1) is 0 Å². The van der Waals surface area contributed by atoms with Gasteiger partial charge in [-0.05, 0) is 46.1 Å². The summed E-state index contributed by atoms with van der Waals surface area (Å²) in [5.41, 5.74) is 5.88. The number of hydrogen-bond acceptors (Lipinski definition) is 7. The average Bonchev–Trinajstić information content (AvgIpc) is 2.80. The Morgan fingerprint density at radius 2 is 1.81 bits per heavy atom. The Morgan fingerprint density at radius 3 is 2.35 bits per heavy atom. The molecule has 4 N–H and O–H groups in total. The number of methoxy groups -OCH3 is 1. The highest BCUT2D eigenvalue weighted by Gasteiger charge is 2.36. The first-order chi connectivity index (χ1) is 17.3. The smallest absolute Gasteiger partial charge is 0.408 e. The minimum absolute atomic E-state index is 0.0830. The van der Waals surface area contributed by atoms with Crippen molar-refractivity contribution in [2.45, 2.75) is 78.0 Å². The maximum absolute atomic E-state index is 13.9. The van der Waals surface area contributed by atoms with Crippen LogP contribution in [0.3, 0.4) is 0 Å². The van der Waals surface area contributed by atoms with Gasteiger partial charge in [0.15, 0.2) is 0 Å². The van der Waals surface area contributed by atoms with Gasteiger partial charge in [0.05, 0.1) is 7.11 Å². The van der Waals surface area contributed by atoms with Gasteiger partial charge in [0.2, 0.25) is 17.7 Å². The Labute approximate surface area is 218 Å². The molecule has 1 rings (SSSR count). The van der Waals surface area contributed by atoms with E-state index < -0.39 is 47.5 Å². The van der Waals surface area contributed by atoms with Crippen LogP contribution in [0.5, 0.6) is 0 Å². The van der Waals surface area contributed by atoms with Gasteiger partial charge < -0.3 is 30.7 Å². The van der Waals surface area contributed by atoms with Crippen molar-refractivity contribution in [3.8, 4) is 0 Å². The van der Waals surface area contributed by atoms with Crippen molar-refractivity contribution < 1.29 is 33.4 Å². The summed E-state index contributed by atoms with van der Waals surface area (Å²) in [7, 11) is 1.20. The molecule has 37 heavy (non-hydrogen) atoms. The molecule has 11 nitrogen and oxygen atoms in total. The van der Waals surface area contributed by atoms with Gasteiger partial charge in [-0.25, -0.2) is 4.79 Å². The van der Waals surface area contributed by atoms with Crippen molar-refractivity contribution in [3.05, 3.63) is 35.4 Å². The number of benzene rings is 1. The van der Waals surface area contributed by atoms with Gasteiger partial charge in [-0.3, -0.25) is 19.2 Å². The Kier molecular flexibility index (Phi) is 12.6. The highest BCUT2D eigenvalue weighted by Crippen LogP contribution is 2.25. The lowest BCUT2D eigenvalue weighted by atomic mass is 9.99. The molecular weight excluding hydrogens is 480 g/mol. The van der Waals surface area contributed by atoms with Crippen molar-refractivity contribution in [3.63, 3.8) is 0 Å². The zero-order valence-corrected chi connectivity index (χ0v) is 22.6. The topological polar surface area (TPSA) is 157 Å². The van der Waals surface area contributed by atoms with E-state index in [1.165, 1.54) is 12.0 Å². The number of esters is 1. The SMILES string of the molecule is CCCCN(C(=O)C(CCC(N)=O)NC(=O)OC(C)(C)C)C(C(=O)NCC(=O)OC)c1cccc(C)c1. The quantitative estimate of drug-likeness (QED) is 0.336. The minimum Gasteiger partial charge on any atom is -0.468 e. The largest absolute Gasteiger partial charge is 0.468 e. The normalized spacial score (nSPS) is 12.6. The summed E-state index contributed by atoms with van der Waals surface area (Å²) in [6.45, 7) is 8.63. The lowest BCUT2D eigenvalue weighted by Crippen LogP contribution is -2.53. The lowest BCUT2D eigenvalue weighted by molar-refractivity contribution is -0.145. The van der Waals surface area contributed by atoms with Crippen molar-refractivity contribution in [1.82, 2.24) is 15.5 Å². The highest BCUT2D eigenvalue weighted by atomic mass is 16.6. The molecule has 0 aliphatic heterocycles. The Balaban J connectivity index is 3.46. The van der Waals surface area contributed by atoms with Crippen LogP contribution in [0.25, 0.3) is 0 Å². The summed E-state index contributed by atoms with van der Waals surface area (Å²) in [6, 6.07) is 4.80. The molecule has 0 heterocycles. The van der Waals surface area contributed by atoms with Crippen LogP contribution in [0.2, 0.25) is 0 Å². The van der Waals surface area contributed by atoms with Crippen molar-refractivity contribution in [1.29, 1.82) is 0 Å². The van der Waals surface area contributed by atoms with Gasteiger partial charge >= 0.3 is 12.1 Å². The number of nitrogens with one attached hydrogen (secondary N) is 2. The molecule has 0 spiro atoms. The number of carbonyl (C=O) groups is 5. The molecule has 0 saturated carbocycles. The summed E-state index contributed by atoms with van der Waals surface area (Å²) in [5.74, 6) is -2.46. The van der Waals surface area contributed by atoms with E-state index in [4.69, 9.17) is 10.5 Å². The molecule has 0 aromatic heterocycles. The van der Waals surface area contributed by atoms with Crippen LogP contribution in [0.1, 0.15) is 70.5 Å². The van der Waals surface area contributed by atoms with E-state index in [-0.39, 0.29) is 25.9 Å². The second-order valence-electron chi connectivity index (χ2n) is 9.70. The van der Waals surface area contributed by atoms with Gasteiger partial charge in [0, 0.05) is 13.0 Å². The Bertz CT molecular complexity index is 958. The maximum Gasteiger partial charge on any atom is 0.408 e. The van der Waals surface area contributed by atoms with E-state index in [1.54, 1.807) is 39.0 Å². The van der Waals surface area contributed by atoms with E-state index in [0.717, 1.165) is 12.0 Å². The summed E-state index contributed by atoms with van der Waals surface area (Å²) >= 11 is 0. The molecule has 4 amide bonds. The van der Waals surface area contributed by atoms with Gasteiger partial charge in [-0.1, -0.05) is 43.2 Å². The predicted molar refractivity (Wildman–Crippen MR) is 137 cm³/mol. The molecule has 0 aliphatic rings. The molecule has 0 fully saturated rings. The van der Waals surface area contributed by atoms with Crippen LogP contribution < -0.4 is 16.4 Å². The van der Waals surface area contributed by atoms with E-state index in [2.05, 4.69) is 15.4 Å². The summed E-state index contributed by atoms with van der Waals surface area (Å²) < 4.78 is 9.92. The van der Waals surface area contributed by atoms with Gasteiger partial charge in [0.1, 0.15) is 24.2 Å². The number of nitrogens with two attached hydrogens (primary N) is 1. The third kappa shape index (κ3) is 11.3. The second kappa shape index (κ2) is 14.8. The third-order valence-electron chi connectivity index (χ3n) is 5.26. The zero-order chi connectivity index (χ0) is 28.2. The number of ether oxygens (including phenoxy) is 2. The number of rotatable bonds is 13. The summed E-state index contributed by atoms with van der Waals surface area (Å²) in [5, 5.41) is 5.07. The van der Waals surface area contributed by atoms with Crippen molar-refractivity contribution in [2.75, 3.05) is 20.2 Å². The molecule has 0 saturated heterocycles. The van der Waals surface area contributed by atoms with Crippen LogP contribution in [-0.4, -0.2) is 66.5 Å². The van der Waals surface area contributed by atoms with E-state index in [1.807, 2.05) is 19.9 Å². The van der Waals surface area contributed by atoms with Crippen molar-refractivity contribution >= 4 is 29.8 Å². The first kappa shape index (κ1) is 31.4. The van der Waals surface area contributed by atoms with E-state index in [0.29, 0.717) is 12.0 Å². The third-order valence-corrected chi connectivity index (χ3v) is 5.26. The summed E-state index contributed by atoms with van der Waals surface area (Å²) in [6.07, 6.45) is 0.193. The maximum atomic E-state index is 13.9. The molecule has 1 aromatic rings. The average molecular weight is 521 g/mol. The number of hydrogen-bond donors (Lipinski definition) is 3. The molecule has 0 aliphatic carbocycles. The zero-order valence-electron chi connectivity index (χ0n) is 22.6. The molecule has 11 heteroatoms. The number of unbranched alkanes of at least 4 members (excludes halogenated alkanes) is 1. The van der Waals surface area contributed by atoms with Crippen LogP contribution in [0.15, 0.2) is 24.3 Å². The summed E-state index contributed by atoms with van der Waals surface area (Å²) in [4.78, 5) is 64.3. The first-order valence-corrected chi connectivity index (χ1v) is 12.3. The molecule has 206 valence electrons. The molecule has 0 radical (unpaired) electrons. The number of carbonyl (C=O) groups excluding carboxylic acids is 5. The molecular formula is C26H40N4O7. The van der Waals surface area contributed by atoms with Crippen LogP contribution >= 0.6 is 0 Å². The Morgan fingerprint density at radius 1 is 1.14 bits per heavy atom. The fraction of sp³-hybridized carbons (Fsp3) is 0.577. The van der Waals surface area contributed by atoms with E-state index in [9.17, 15) is 24.0 Å². The van der Waals surface area contributed by atoms with Gasteiger partial charge in [0.25, 0.3) is 0 Å². The van der Waals surface area contributed by atoms with Gasteiger partial charge in [-0.2, -0.15) is 0 Å². The van der Waals surface area contributed by atoms with Crippen molar-refractivity contribution in [2.24, 2.45) is 5.73 Å². The van der Waals surface area contributed by atoms with Crippen LogP contribution in [0, 0.1) is 6.92 Å². The standard InChI is InChI=1S/C26H40N4O7/c1-7-8-14-30(24(34)19(12-13-20(27)31)29-25(35)37-26(3,4)5)22(18-11-9-10-17(2)15-18)23(33)28-16-21(32)36-6/h9-11,15,19,22H,7-8,12-14,16H2,1-6H3,(H2,27,31)(H,28,33)(H,29,35). The predicted octanol–water partition coefficient (Wildman–Crippen LogP) is 2.11. The van der Waals surface area contributed by atoms with Crippen LogP contribution in [0.4, 0.5) is 4.79 Å². The highest BCUT2D eigenvalue weighted by molar-refractivity contribution is 5.93. The fourth-order valence-corrected chi connectivity index (χ4v) is 3.53. The number of aryl methyl sites for hydroxylation is 1. The molecule has 1 aromatic carbocycles. The monoisotopic (exact) mass is 520 g/mol. The number of primary amides is 1. The molecule has 2 atom stereocenters. The fourth-order valence-electron chi connectivity index (χ4n) is 3.53. The molecule has 0 bridgehead atoms. The minimum atomic E-state index is -1.18. The lowest BCUT2D eigenvalue weighted by Gasteiger charge is -2.34. The molecule has 2 unspecified atom stereocenters.